The monoisotopic (exact) mass is 283 g/mol. The highest BCUT2D eigenvalue weighted by Crippen LogP contribution is 2.22. The topological polar surface area (TPSA) is 27.7 Å². The van der Waals surface area contributed by atoms with E-state index in [4.69, 9.17) is 4.74 Å². The van der Waals surface area contributed by atoms with E-state index in [9.17, 15) is 0 Å². The van der Waals surface area contributed by atoms with Crippen LogP contribution in [-0.2, 0) is 4.74 Å². The van der Waals surface area contributed by atoms with Gasteiger partial charge in [0.2, 0.25) is 0 Å². The van der Waals surface area contributed by atoms with Gasteiger partial charge >= 0.3 is 0 Å². The molecule has 0 aromatic carbocycles. The van der Waals surface area contributed by atoms with Gasteiger partial charge in [-0.25, -0.2) is 0 Å². The first-order valence-electron chi connectivity index (χ1n) is 8.38. The van der Waals surface area contributed by atoms with E-state index < -0.39 is 0 Å². The van der Waals surface area contributed by atoms with Gasteiger partial charge in [0.1, 0.15) is 0 Å². The van der Waals surface area contributed by atoms with Gasteiger partial charge in [0.15, 0.2) is 0 Å². The summed E-state index contributed by atoms with van der Waals surface area (Å²) >= 11 is 0. The molecule has 2 heterocycles. The molecule has 1 N–H and O–H groups in total. The maximum atomic E-state index is 5.46. The Balaban J connectivity index is 1.82. The van der Waals surface area contributed by atoms with Crippen LogP contribution in [0, 0.1) is 5.92 Å². The SMILES string of the molecule is COCC(CNCC(C)C)N1CCN2CCCCC2C1. The minimum atomic E-state index is 0.530. The highest BCUT2D eigenvalue weighted by Gasteiger charge is 2.31. The van der Waals surface area contributed by atoms with Crippen molar-refractivity contribution in [1.82, 2.24) is 15.1 Å². The van der Waals surface area contributed by atoms with E-state index in [-0.39, 0.29) is 0 Å². The molecule has 2 fully saturated rings. The largest absolute Gasteiger partial charge is 0.383 e. The molecule has 4 nitrogen and oxygen atoms in total. The molecule has 0 aliphatic carbocycles. The molecule has 118 valence electrons. The van der Waals surface area contributed by atoms with Crippen LogP contribution in [-0.4, -0.2) is 74.9 Å². The maximum Gasteiger partial charge on any atom is 0.0630 e. The molecule has 4 heteroatoms. The van der Waals surface area contributed by atoms with Gasteiger partial charge in [0.05, 0.1) is 6.61 Å². The summed E-state index contributed by atoms with van der Waals surface area (Å²) in [5.74, 6) is 0.716. The lowest BCUT2D eigenvalue weighted by molar-refractivity contribution is 0.00554. The summed E-state index contributed by atoms with van der Waals surface area (Å²) in [6, 6.07) is 1.32. The Bertz CT molecular complexity index is 272. The molecular weight excluding hydrogens is 250 g/mol. The van der Waals surface area contributed by atoms with Crippen LogP contribution in [0.4, 0.5) is 0 Å². The first kappa shape index (κ1) is 16.2. The molecule has 2 unspecified atom stereocenters. The number of fused-ring (bicyclic) bond motifs is 1. The Hall–Kier alpha value is -0.160. The third kappa shape index (κ3) is 4.69. The Morgan fingerprint density at radius 3 is 2.75 bits per heavy atom. The van der Waals surface area contributed by atoms with E-state index in [0.717, 1.165) is 25.7 Å². The van der Waals surface area contributed by atoms with Gasteiger partial charge in [-0.2, -0.15) is 0 Å². The van der Waals surface area contributed by atoms with Crippen LogP contribution in [0.3, 0.4) is 0 Å². The van der Waals surface area contributed by atoms with Crippen LogP contribution >= 0.6 is 0 Å². The van der Waals surface area contributed by atoms with Crippen LogP contribution in [0.2, 0.25) is 0 Å². The zero-order valence-electron chi connectivity index (χ0n) is 13.6. The number of nitrogens with zero attached hydrogens (tertiary/aromatic N) is 2. The fraction of sp³-hybridized carbons (Fsp3) is 1.00. The van der Waals surface area contributed by atoms with Crippen molar-refractivity contribution in [2.45, 2.75) is 45.2 Å². The van der Waals surface area contributed by atoms with E-state index in [1.54, 1.807) is 0 Å². The van der Waals surface area contributed by atoms with Crippen molar-refractivity contribution in [3.8, 4) is 0 Å². The summed E-state index contributed by atoms with van der Waals surface area (Å²) in [7, 11) is 1.83. The average Bonchev–Trinajstić information content (AvgIpc) is 2.45. The molecule has 0 saturated carbocycles. The van der Waals surface area contributed by atoms with Gasteiger partial charge in [0.25, 0.3) is 0 Å². The van der Waals surface area contributed by atoms with Crippen molar-refractivity contribution < 1.29 is 4.74 Å². The molecule has 2 rings (SSSR count). The second-order valence-electron chi connectivity index (χ2n) is 6.84. The zero-order valence-corrected chi connectivity index (χ0v) is 13.6. The normalized spacial score (nSPS) is 26.7. The first-order chi connectivity index (χ1) is 9.70. The molecule has 2 atom stereocenters. The number of ether oxygens (including phenoxy) is 1. The average molecular weight is 283 g/mol. The fourth-order valence-corrected chi connectivity index (χ4v) is 3.54. The molecule has 0 amide bonds. The van der Waals surface area contributed by atoms with Crippen molar-refractivity contribution in [3.05, 3.63) is 0 Å². The number of piperazine rings is 1. The third-order valence-electron chi connectivity index (χ3n) is 4.68. The molecule has 0 radical (unpaired) electrons. The minimum absolute atomic E-state index is 0.530. The summed E-state index contributed by atoms with van der Waals surface area (Å²) < 4.78 is 5.46. The maximum absolute atomic E-state index is 5.46. The Morgan fingerprint density at radius 2 is 2.00 bits per heavy atom. The summed E-state index contributed by atoms with van der Waals surface area (Å²) in [6.45, 7) is 12.5. The van der Waals surface area contributed by atoms with E-state index >= 15 is 0 Å². The van der Waals surface area contributed by atoms with Crippen molar-refractivity contribution >= 4 is 0 Å². The molecule has 0 aromatic heterocycles. The number of hydrogen-bond donors (Lipinski definition) is 1. The molecule has 0 bridgehead atoms. The van der Waals surface area contributed by atoms with Gasteiger partial charge in [-0.1, -0.05) is 20.3 Å². The summed E-state index contributed by atoms with van der Waals surface area (Å²) in [6.07, 6.45) is 4.19. The first-order valence-corrected chi connectivity index (χ1v) is 8.38. The molecule has 20 heavy (non-hydrogen) atoms. The van der Waals surface area contributed by atoms with Gasteiger partial charge in [-0.3, -0.25) is 9.80 Å². The second kappa shape index (κ2) is 8.32. The van der Waals surface area contributed by atoms with E-state index in [1.807, 2.05) is 7.11 Å². The Kier molecular flexibility index (Phi) is 6.75. The van der Waals surface area contributed by atoms with Gasteiger partial charge in [0, 0.05) is 45.4 Å². The van der Waals surface area contributed by atoms with E-state index in [1.165, 1.54) is 45.4 Å². The van der Waals surface area contributed by atoms with Crippen molar-refractivity contribution in [1.29, 1.82) is 0 Å². The lowest BCUT2D eigenvalue weighted by atomic mass is 9.98. The van der Waals surface area contributed by atoms with Crippen LogP contribution in [0.15, 0.2) is 0 Å². The molecule has 2 saturated heterocycles. The Labute approximate surface area is 124 Å². The van der Waals surface area contributed by atoms with Crippen LogP contribution in [0.5, 0.6) is 0 Å². The van der Waals surface area contributed by atoms with Gasteiger partial charge < -0.3 is 10.1 Å². The zero-order chi connectivity index (χ0) is 14.4. The highest BCUT2D eigenvalue weighted by atomic mass is 16.5. The number of piperidine rings is 1. The Morgan fingerprint density at radius 1 is 1.15 bits per heavy atom. The fourth-order valence-electron chi connectivity index (χ4n) is 3.54. The lowest BCUT2D eigenvalue weighted by Gasteiger charge is -2.46. The predicted octanol–water partition coefficient (Wildman–Crippen LogP) is 1.42. The highest BCUT2D eigenvalue weighted by molar-refractivity contribution is 4.88. The lowest BCUT2D eigenvalue weighted by Crippen LogP contribution is -2.59. The van der Waals surface area contributed by atoms with Crippen molar-refractivity contribution in [2.24, 2.45) is 5.92 Å². The predicted molar refractivity (Wildman–Crippen MR) is 84.2 cm³/mol. The minimum Gasteiger partial charge on any atom is -0.383 e. The van der Waals surface area contributed by atoms with Gasteiger partial charge in [-0.05, 0) is 31.8 Å². The summed E-state index contributed by atoms with van der Waals surface area (Å²) in [4.78, 5) is 5.36. The quantitative estimate of drug-likeness (QED) is 0.765. The number of methoxy groups -OCH3 is 1. The number of rotatable bonds is 7. The van der Waals surface area contributed by atoms with Crippen molar-refractivity contribution in [2.75, 3.05) is 53.0 Å². The molecule has 0 spiro atoms. The summed E-state index contributed by atoms with van der Waals surface area (Å²) in [5.41, 5.74) is 0. The van der Waals surface area contributed by atoms with Crippen molar-refractivity contribution in [3.63, 3.8) is 0 Å². The molecule has 2 aliphatic heterocycles. The van der Waals surface area contributed by atoms with Gasteiger partial charge in [-0.15, -0.1) is 0 Å². The van der Waals surface area contributed by atoms with Crippen LogP contribution in [0.25, 0.3) is 0 Å². The van der Waals surface area contributed by atoms with Crippen LogP contribution < -0.4 is 5.32 Å². The second-order valence-corrected chi connectivity index (χ2v) is 6.84. The third-order valence-corrected chi connectivity index (χ3v) is 4.68. The van der Waals surface area contributed by atoms with Crippen LogP contribution in [0.1, 0.15) is 33.1 Å². The number of nitrogens with one attached hydrogen (secondary N) is 1. The number of hydrogen-bond acceptors (Lipinski definition) is 4. The molecular formula is C16H33N3O. The summed E-state index contributed by atoms with van der Waals surface area (Å²) in [5, 5.41) is 3.60. The smallest absolute Gasteiger partial charge is 0.0630 e. The van der Waals surface area contributed by atoms with E-state index in [2.05, 4.69) is 29.0 Å². The molecule has 2 aliphatic rings. The van der Waals surface area contributed by atoms with E-state index in [0.29, 0.717) is 12.0 Å². The molecule has 0 aromatic rings. The standard InChI is InChI=1S/C16H33N3O/c1-14(2)10-17-11-16(13-20-3)19-9-8-18-7-5-4-6-15(18)12-19/h14-17H,4-13H2,1-3H3.